The minimum absolute atomic E-state index is 0.0792. The van der Waals surface area contributed by atoms with Crippen LogP contribution < -0.4 is 28.6 Å². The summed E-state index contributed by atoms with van der Waals surface area (Å²) in [6.07, 6.45) is -1.12. The number of rotatable bonds is 11. The van der Waals surface area contributed by atoms with Crippen LogP contribution in [-0.4, -0.2) is 52.7 Å². The first-order valence-corrected chi connectivity index (χ1v) is 14.8. The molecule has 1 atom stereocenters. The van der Waals surface area contributed by atoms with Gasteiger partial charge in [-0.25, -0.2) is 0 Å². The maximum atomic E-state index is 12.3. The molecule has 2 aliphatic rings. The minimum atomic E-state index is -4.72. The lowest BCUT2D eigenvalue weighted by Gasteiger charge is -2.33. The molecule has 1 saturated heterocycles. The van der Waals surface area contributed by atoms with Crippen LogP contribution in [-0.2, 0) is 13.2 Å². The number of aryl methyl sites for hydroxylation is 1. The van der Waals surface area contributed by atoms with Gasteiger partial charge in [0.1, 0.15) is 54.6 Å². The Labute approximate surface area is 262 Å². The molecule has 0 aliphatic carbocycles. The zero-order valence-electron chi connectivity index (χ0n) is 24.6. The van der Waals surface area contributed by atoms with Crippen molar-refractivity contribution < 1.29 is 41.8 Å². The number of piperidine rings is 1. The number of alkyl halides is 3. The van der Waals surface area contributed by atoms with E-state index in [2.05, 4.69) is 14.6 Å². The summed E-state index contributed by atoms with van der Waals surface area (Å²) in [5.74, 6) is 1.57. The molecule has 2 aliphatic heterocycles. The normalized spacial score (nSPS) is 16.7. The highest BCUT2D eigenvalue weighted by molar-refractivity contribution is 5.49. The fourth-order valence-corrected chi connectivity index (χ4v) is 5.27. The molecule has 6 rings (SSSR count). The van der Waals surface area contributed by atoms with Crippen LogP contribution in [0.4, 0.5) is 24.7 Å². The SMILES string of the molecule is O=[N+]([O-])c1cn2c(n1)O[C@H](COc1ccc(N3CCC(Oc4ccc(OCc5ccc(OC(F)(F)F)cc5)cc4)CC3)cc1)CC2. The third-order valence-corrected chi connectivity index (χ3v) is 7.65. The minimum Gasteiger partial charge on any atom is -0.490 e. The first kappa shape index (κ1) is 30.9. The van der Waals surface area contributed by atoms with Crippen molar-refractivity contribution in [3.05, 3.63) is 94.7 Å². The largest absolute Gasteiger partial charge is 0.573 e. The van der Waals surface area contributed by atoms with Crippen LogP contribution in [0.2, 0.25) is 0 Å². The van der Waals surface area contributed by atoms with Crippen molar-refractivity contribution in [2.75, 3.05) is 24.6 Å². The molecule has 0 bridgehead atoms. The zero-order valence-corrected chi connectivity index (χ0v) is 24.6. The predicted molar refractivity (Wildman–Crippen MR) is 160 cm³/mol. The van der Waals surface area contributed by atoms with Crippen LogP contribution >= 0.6 is 0 Å². The van der Waals surface area contributed by atoms with Gasteiger partial charge in [-0.1, -0.05) is 12.1 Å². The summed E-state index contributed by atoms with van der Waals surface area (Å²) >= 11 is 0. The van der Waals surface area contributed by atoms with E-state index in [1.165, 1.54) is 30.5 Å². The van der Waals surface area contributed by atoms with E-state index in [0.29, 0.717) is 36.6 Å². The molecule has 4 aromatic rings. The van der Waals surface area contributed by atoms with Crippen molar-refractivity contribution in [3.8, 4) is 29.0 Å². The molecule has 0 spiro atoms. The van der Waals surface area contributed by atoms with Gasteiger partial charge in [0, 0.05) is 49.6 Å². The highest BCUT2D eigenvalue weighted by Crippen LogP contribution is 2.28. The molecule has 0 N–H and O–H groups in total. The highest BCUT2D eigenvalue weighted by atomic mass is 19.4. The molecular weight excluding hydrogens is 609 g/mol. The predicted octanol–water partition coefficient (Wildman–Crippen LogP) is 6.55. The van der Waals surface area contributed by atoms with Crippen molar-refractivity contribution in [2.24, 2.45) is 0 Å². The van der Waals surface area contributed by atoms with Gasteiger partial charge >= 0.3 is 18.2 Å². The Bertz CT molecular complexity index is 1600. The number of hydrogen-bond donors (Lipinski definition) is 0. The van der Waals surface area contributed by atoms with Crippen molar-refractivity contribution in [2.45, 2.75) is 51.0 Å². The first-order chi connectivity index (χ1) is 22.2. The van der Waals surface area contributed by atoms with Gasteiger partial charge in [0.05, 0.1) is 0 Å². The number of benzene rings is 3. The van der Waals surface area contributed by atoms with Crippen LogP contribution in [0.1, 0.15) is 24.8 Å². The van der Waals surface area contributed by atoms with E-state index in [9.17, 15) is 23.3 Å². The number of nitro groups is 1. The molecule has 0 radical (unpaired) electrons. The quantitative estimate of drug-likeness (QED) is 0.133. The lowest BCUT2D eigenvalue weighted by molar-refractivity contribution is -0.389. The molecule has 46 heavy (non-hydrogen) atoms. The molecule has 1 aromatic heterocycles. The van der Waals surface area contributed by atoms with Crippen LogP contribution in [0, 0.1) is 10.1 Å². The number of aromatic nitrogens is 2. The molecule has 3 heterocycles. The molecule has 3 aromatic carbocycles. The second-order valence-corrected chi connectivity index (χ2v) is 10.9. The Morgan fingerprint density at radius 3 is 2.15 bits per heavy atom. The third-order valence-electron chi connectivity index (χ3n) is 7.65. The summed E-state index contributed by atoms with van der Waals surface area (Å²) < 4.78 is 66.1. The fourth-order valence-electron chi connectivity index (χ4n) is 5.27. The number of halogens is 3. The summed E-state index contributed by atoms with van der Waals surface area (Å²) in [4.78, 5) is 16.6. The number of fused-ring (bicyclic) bond motifs is 1. The van der Waals surface area contributed by atoms with E-state index in [0.717, 1.165) is 37.4 Å². The van der Waals surface area contributed by atoms with Gasteiger partial charge in [-0.2, -0.15) is 0 Å². The average molecular weight is 641 g/mol. The van der Waals surface area contributed by atoms with Gasteiger partial charge in [0.25, 0.3) is 0 Å². The summed E-state index contributed by atoms with van der Waals surface area (Å²) in [6, 6.07) is 21.0. The van der Waals surface area contributed by atoms with Gasteiger partial charge in [0.2, 0.25) is 0 Å². The van der Waals surface area contributed by atoms with Crippen molar-refractivity contribution in [1.82, 2.24) is 9.55 Å². The van der Waals surface area contributed by atoms with Crippen LogP contribution in [0.15, 0.2) is 79.0 Å². The van der Waals surface area contributed by atoms with Crippen molar-refractivity contribution >= 4 is 11.5 Å². The van der Waals surface area contributed by atoms with E-state index >= 15 is 0 Å². The standard InChI is InChI=1S/C32H31F3N4O7/c33-32(34,35)46-28-5-1-22(2-6-28)20-42-25-9-11-26(12-10-25)44-27-13-16-37(17-14-27)23-3-7-24(8-4-23)43-21-29-15-18-38-19-30(39(40)41)36-31(38)45-29/h1-12,19,27,29H,13-18,20-21H2/t29-/m0/s1. The van der Waals surface area contributed by atoms with Gasteiger partial charge < -0.3 is 38.7 Å². The Morgan fingerprint density at radius 1 is 0.848 bits per heavy atom. The van der Waals surface area contributed by atoms with E-state index < -0.39 is 11.3 Å². The lowest BCUT2D eigenvalue weighted by atomic mass is 10.1. The fraction of sp³-hybridized carbons (Fsp3) is 0.344. The Kier molecular flexibility index (Phi) is 9.04. The smallest absolute Gasteiger partial charge is 0.490 e. The first-order valence-electron chi connectivity index (χ1n) is 14.8. The molecule has 0 saturated carbocycles. The molecule has 14 heteroatoms. The number of ether oxygens (including phenoxy) is 5. The van der Waals surface area contributed by atoms with Crippen LogP contribution in [0.3, 0.4) is 0 Å². The van der Waals surface area contributed by atoms with E-state index in [1.807, 2.05) is 36.4 Å². The molecule has 0 amide bonds. The third kappa shape index (κ3) is 8.11. The van der Waals surface area contributed by atoms with Crippen molar-refractivity contribution in [1.29, 1.82) is 0 Å². The molecule has 242 valence electrons. The zero-order chi connectivity index (χ0) is 32.1. The Balaban J connectivity index is 0.906. The van der Waals surface area contributed by atoms with E-state index in [-0.39, 0.29) is 36.4 Å². The summed E-state index contributed by atoms with van der Waals surface area (Å²) in [7, 11) is 0. The Morgan fingerprint density at radius 2 is 1.48 bits per heavy atom. The maximum Gasteiger partial charge on any atom is 0.573 e. The van der Waals surface area contributed by atoms with Gasteiger partial charge in [0.15, 0.2) is 0 Å². The second kappa shape index (κ2) is 13.5. The topological polar surface area (TPSA) is 110 Å². The number of hydrogen-bond acceptors (Lipinski definition) is 9. The number of nitrogens with zero attached hydrogens (tertiary/aromatic N) is 4. The molecule has 11 nitrogen and oxygen atoms in total. The van der Waals surface area contributed by atoms with Crippen LogP contribution in [0.25, 0.3) is 0 Å². The average Bonchev–Trinajstić information content (AvgIpc) is 3.48. The maximum absolute atomic E-state index is 12.3. The van der Waals surface area contributed by atoms with Gasteiger partial charge in [-0.05, 0) is 71.2 Å². The second-order valence-electron chi connectivity index (χ2n) is 10.9. The molecule has 0 unspecified atom stereocenters. The van der Waals surface area contributed by atoms with Gasteiger partial charge in [-0.15, -0.1) is 13.2 Å². The molecule has 1 fully saturated rings. The monoisotopic (exact) mass is 640 g/mol. The Hall–Kier alpha value is -5.14. The van der Waals surface area contributed by atoms with E-state index in [1.54, 1.807) is 16.7 Å². The van der Waals surface area contributed by atoms with E-state index in [4.69, 9.17) is 18.9 Å². The highest BCUT2D eigenvalue weighted by Gasteiger charge is 2.31. The number of anilines is 1. The van der Waals surface area contributed by atoms with Gasteiger partial charge in [-0.3, -0.25) is 4.57 Å². The lowest BCUT2D eigenvalue weighted by Crippen LogP contribution is -2.38. The summed E-state index contributed by atoms with van der Waals surface area (Å²) in [5, 5.41) is 11.0. The summed E-state index contributed by atoms with van der Waals surface area (Å²) in [5.41, 5.74) is 1.81. The summed E-state index contributed by atoms with van der Waals surface area (Å²) in [6.45, 7) is 2.78. The molecular formula is C32H31F3N4O7. The van der Waals surface area contributed by atoms with Crippen LogP contribution in [0.5, 0.6) is 29.0 Å². The number of imidazole rings is 1. The van der Waals surface area contributed by atoms with Crippen molar-refractivity contribution in [3.63, 3.8) is 0 Å².